The summed E-state index contributed by atoms with van der Waals surface area (Å²) in [5, 5.41) is 12.9. The highest BCUT2D eigenvalue weighted by Crippen LogP contribution is 2.39. The fourth-order valence-corrected chi connectivity index (χ4v) is 3.46. The number of fused-ring (bicyclic) bond motifs is 3. The number of ether oxygens (including phenoxy) is 1. The Labute approximate surface area is 127 Å². The lowest BCUT2D eigenvalue weighted by Gasteiger charge is -2.17. The van der Waals surface area contributed by atoms with Crippen LogP contribution in [0.4, 0.5) is 5.82 Å². The summed E-state index contributed by atoms with van der Waals surface area (Å²) in [6.45, 7) is 0. The lowest BCUT2D eigenvalue weighted by molar-refractivity contribution is -0.121. The number of aromatic nitrogens is 1. The van der Waals surface area contributed by atoms with Crippen LogP contribution in [0.5, 0.6) is 0 Å². The Morgan fingerprint density at radius 3 is 2.95 bits per heavy atom. The van der Waals surface area contributed by atoms with E-state index >= 15 is 0 Å². The third kappa shape index (κ3) is 2.13. The minimum absolute atomic E-state index is 0.0425. The number of hydrogen-bond acceptors (Lipinski definition) is 4. The molecule has 1 aromatic heterocycles. The lowest BCUT2D eigenvalue weighted by Crippen LogP contribution is -2.30. The molecule has 5 heteroatoms. The van der Waals surface area contributed by atoms with E-state index in [1.54, 1.807) is 6.07 Å². The van der Waals surface area contributed by atoms with E-state index in [1.165, 1.54) is 0 Å². The van der Waals surface area contributed by atoms with Crippen LogP contribution in [0.3, 0.4) is 0 Å². The topological polar surface area (TPSA) is 75.0 Å². The molecule has 1 amide bonds. The van der Waals surface area contributed by atoms with Gasteiger partial charge in [-0.15, -0.1) is 0 Å². The standard InChI is InChI=1S/C17H15N3O2/c18-9-10-7-16(19-14-4-2-1-3-12(10)14)20-17(21)13-8-11-5-6-15(13)22-11/h1-4,7,11,13,15H,5-6,8H2,(H,19,20,21)/t11-,13-,15+/m1/s1. The monoisotopic (exact) mass is 293 g/mol. The first-order valence-electron chi connectivity index (χ1n) is 7.51. The van der Waals surface area contributed by atoms with Crippen molar-refractivity contribution in [1.82, 2.24) is 4.98 Å². The second-order valence-electron chi connectivity index (χ2n) is 5.89. The van der Waals surface area contributed by atoms with E-state index in [0.29, 0.717) is 16.9 Å². The van der Waals surface area contributed by atoms with Crippen molar-refractivity contribution >= 4 is 22.6 Å². The number of carbonyl (C=O) groups is 1. The van der Waals surface area contributed by atoms with Crippen LogP contribution in [0, 0.1) is 17.2 Å². The molecule has 0 radical (unpaired) electrons. The maximum absolute atomic E-state index is 12.4. The fourth-order valence-electron chi connectivity index (χ4n) is 3.46. The van der Waals surface area contributed by atoms with Crippen LogP contribution >= 0.6 is 0 Å². The minimum atomic E-state index is -0.0995. The van der Waals surface area contributed by atoms with Crippen molar-refractivity contribution in [3.8, 4) is 6.07 Å². The van der Waals surface area contributed by atoms with Crippen molar-refractivity contribution in [2.75, 3.05) is 5.32 Å². The Balaban J connectivity index is 1.62. The number of nitriles is 1. The highest BCUT2D eigenvalue weighted by molar-refractivity contribution is 5.95. The number of hydrogen-bond donors (Lipinski definition) is 1. The van der Waals surface area contributed by atoms with Crippen LogP contribution in [0.1, 0.15) is 24.8 Å². The van der Waals surface area contributed by atoms with Gasteiger partial charge in [-0.1, -0.05) is 18.2 Å². The maximum Gasteiger partial charge on any atom is 0.231 e. The average Bonchev–Trinajstić information content (AvgIpc) is 3.17. The van der Waals surface area contributed by atoms with E-state index in [4.69, 9.17) is 4.74 Å². The molecule has 2 bridgehead atoms. The number of nitrogens with one attached hydrogen (secondary N) is 1. The minimum Gasteiger partial charge on any atom is -0.374 e. The first-order valence-corrected chi connectivity index (χ1v) is 7.51. The van der Waals surface area contributed by atoms with Gasteiger partial charge in [0.05, 0.1) is 35.3 Å². The van der Waals surface area contributed by atoms with Crippen LogP contribution in [-0.4, -0.2) is 23.1 Å². The molecule has 0 spiro atoms. The SMILES string of the molecule is N#Cc1cc(NC(=O)[C@@H]2C[C@H]3CC[C@@H]2O3)nc2ccccc12. The van der Waals surface area contributed by atoms with E-state index in [9.17, 15) is 10.1 Å². The van der Waals surface area contributed by atoms with Gasteiger partial charge in [0.25, 0.3) is 0 Å². The van der Waals surface area contributed by atoms with E-state index in [0.717, 1.165) is 24.6 Å². The van der Waals surface area contributed by atoms with Gasteiger partial charge in [0.1, 0.15) is 5.82 Å². The third-order valence-electron chi connectivity index (χ3n) is 4.53. The van der Waals surface area contributed by atoms with Crippen molar-refractivity contribution in [1.29, 1.82) is 5.26 Å². The van der Waals surface area contributed by atoms with Crippen LogP contribution < -0.4 is 5.32 Å². The molecule has 3 atom stereocenters. The Morgan fingerprint density at radius 2 is 2.23 bits per heavy atom. The molecular weight excluding hydrogens is 278 g/mol. The molecule has 5 nitrogen and oxygen atoms in total. The molecule has 2 aromatic rings. The Morgan fingerprint density at radius 1 is 1.36 bits per heavy atom. The smallest absolute Gasteiger partial charge is 0.231 e. The zero-order valence-electron chi connectivity index (χ0n) is 12.0. The summed E-state index contributed by atoms with van der Waals surface area (Å²) in [7, 11) is 0. The van der Waals surface area contributed by atoms with Gasteiger partial charge < -0.3 is 10.1 Å². The summed E-state index contributed by atoms with van der Waals surface area (Å²) in [6, 6.07) is 11.2. The molecule has 110 valence electrons. The first-order chi connectivity index (χ1) is 10.7. The normalized spacial score (nSPS) is 26.0. The fraction of sp³-hybridized carbons (Fsp3) is 0.353. The Bertz CT molecular complexity index is 796. The van der Waals surface area contributed by atoms with Crippen molar-refractivity contribution in [3.05, 3.63) is 35.9 Å². The molecule has 4 rings (SSSR count). The summed E-state index contributed by atoms with van der Waals surface area (Å²) in [4.78, 5) is 16.9. The van der Waals surface area contributed by atoms with Crippen molar-refractivity contribution in [2.24, 2.45) is 5.92 Å². The summed E-state index contributed by atoms with van der Waals surface area (Å²) in [5.41, 5.74) is 1.23. The van der Waals surface area contributed by atoms with Gasteiger partial charge in [-0.3, -0.25) is 4.79 Å². The van der Waals surface area contributed by atoms with E-state index in [-0.39, 0.29) is 24.0 Å². The molecule has 2 aliphatic heterocycles. The van der Waals surface area contributed by atoms with Crippen LogP contribution in [0.2, 0.25) is 0 Å². The van der Waals surface area contributed by atoms with Crippen LogP contribution in [-0.2, 0) is 9.53 Å². The van der Waals surface area contributed by atoms with Crippen molar-refractivity contribution < 1.29 is 9.53 Å². The number of para-hydroxylation sites is 1. The maximum atomic E-state index is 12.4. The zero-order chi connectivity index (χ0) is 15.1. The molecule has 3 heterocycles. The molecule has 2 saturated heterocycles. The first kappa shape index (κ1) is 13.2. The van der Waals surface area contributed by atoms with Crippen LogP contribution in [0.25, 0.3) is 10.9 Å². The largest absolute Gasteiger partial charge is 0.374 e. The Hall–Kier alpha value is -2.45. The quantitative estimate of drug-likeness (QED) is 0.923. The van der Waals surface area contributed by atoms with E-state index in [2.05, 4.69) is 16.4 Å². The molecule has 2 aliphatic rings. The van der Waals surface area contributed by atoms with Gasteiger partial charge in [0.15, 0.2) is 0 Å². The van der Waals surface area contributed by atoms with Crippen molar-refractivity contribution in [3.63, 3.8) is 0 Å². The van der Waals surface area contributed by atoms with Gasteiger partial charge in [-0.05, 0) is 31.4 Å². The van der Waals surface area contributed by atoms with Gasteiger partial charge in [-0.2, -0.15) is 5.26 Å². The molecule has 1 aromatic carbocycles. The van der Waals surface area contributed by atoms with Gasteiger partial charge >= 0.3 is 0 Å². The molecule has 22 heavy (non-hydrogen) atoms. The number of anilines is 1. The lowest BCUT2D eigenvalue weighted by atomic mass is 9.88. The molecule has 0 aliphatic carbocycles. The molecule has 0 unspecified atom stereocenters. The zero-order valence-corrected chi connectivity index (χ0v) is 12.0. The third-order valence-corrected chi connectivity index (χ3v) is 4.53. The summed E-state index contributed by atoms with van der Waals surface area (Å²) in [6.07, 6.45) is 3.08. The number of amides is 1. The number of rotatable bonds is 2. The highest BCUT2D eigenvalue weighted by Gasteiger charge is 2.44. The summed E-state index contributed by atoms with van der Waals surface area (Å²) >= 11 is 0. The number of carbonyl (C=O) groups excluding carboxylic acids is 1. The second-order valence-corrected chi connectivity index (χ2v) is 5.89. The molecule has 1 N–H and O–H groups in total. The summed E-state index contributed by atoms with van der Waals surface area (Å²) < 4.78 is 5.73. The van der Waals surface area contributed by atoms with Gasteiger partial charge in [0, 0.05) is 5.39 Å². The molecule has 2 fully saturated rings. The highest BCUT2D eigenvalue weighted by atomic mass is 16.5. The average molecular weight is 293 g/mol. The van der Waals surface area contributed by atoms with E-state index in [1.807, 2.05) is 24.3 Å². The number of benzene rings is 1. The van der Waals surface area contributed by atoms with Crippen molar-refractivity contribution in [2.45, 2.75) is 31.5 Å². The van der Waals surface area contributed by atoms with Gasteiger partial charge in [-0.25, -0.2) is 4.98 Å². The molecule has 0 saturated carbocycles. The second kappa shape index (κ2) is 5.08. The summed E-state index contributed by atoms with van der Waals surface area (Å²) in [5.74, 6) is 0.277. The molecular formula is C17H15N3O2. The van der Waals surface area contributed by atoms with E-state index < -0.39 is 0 Å². The Kier molecular flexibility index (Phi) is 3.05. The van der Waals surface area contributed by atoms with Gasteiger partial charge in [0.2, 0.25) is 5.91 Å². The number of nitrogens with zero attached hydrogens (tertiary/aromatic N) is 2. The predicted octanol–water partition coefficient (Wildman–Crippen LogP) is 2.61. The predicted molar refractivity (Wildman–Crippen MR) is 81.1 cm³/mol. The number of pyridine rings is 1. The van der Waals surface area contributed by atoms with Crippen LogP contribution in [0.15, 0.2) is 30.3 Å².